The Labute approximate surface area is 195 Å². The molecule has 0 spiro atoms. The van der Waals surface area contributed by atoms with Gasteiger partial charge in [-0.1, -0.05) is 38.7 Å². The first-order valence-electron chi connectivity index (χ1n) is 11.9. The van der Waals surface area contributed by atoms with Crippen LogP contribution in [0.25, 0.3) is 0 Å². The molecule has 2 aromatic rings. The first-order valence-corrected chi connectivity index (χ1v) is 11.9. The standard InChI is InChI=1S/C26H34N4O3/c1-2-3-16-27-25(32)19-12-14-22(15-13-19)29-24(31)18-28-23-11-7-8-20(17-23)26(33)30-21-9-5-4-6-10-21/h7-8,11-15,17,21,28H,2-6,9-10,16,18H2,1H3,(H,27,32)(H,29,31)(H,30,33). The molecule has 0 saturated heterocycles. The van der Waals surface area contributed by atoms with Gasteiger partial charge in [-0.3, -0.25) is 14.4 Å². The van der Waals surface area contributed by atoms with Gasteiger partial charge in [0.15, 0.2) is 0 Å². The lowest BCUT2D eigenvalue weighted by Crippen LogP contribution is -2.36. The summed E-state index contributed by atoms with van der Waals surface area (Å²) in [6.45, 7) is 2.79. The maximum atomic E-state index is 12.5. The van der Waals surface area contributed by atoms with E-state index in [9.17, 15) is 14.4 Å². The minimum Gasteiger partial charge on any atom is -0.376 e. The molecule has 0 aromatic heterocycles. The summed E-state index contributed by atoms with van der Waals surface area (Å²) < 4.78 is 0. The van der Waals surface area contributed by atoms with E-state index < -0.39 is 0 Å². The second kappa shape index (κ2) is 12.6. The number of anilines is 2. The molecule has 176 valence electrons. The summed E-state index contributed by atoms with van der Waals surface area (Å²) in [5.74, 6) is -0.406. The number of rotatable bonds is 10. The highest BCUT2D eigenvalue weighted by molar-refractivity contribution is 5.97. The summed E-state index contributed by atoms with van der Waals surface area (Å²) in [7, 11) is 0. The minimum atomic E-state index is -0.216. The average Bonchev–Trinajstić information content (AvgIpc) is 2.84. The molecule has 1 aliphatic rings. The summed E-state index contributed by atoms with van der Waals surface area (Å²) in [5.41, 5.74) is 2.47. The predicted octanol–water partition coefficient (Wildman–Crippen LogP) is 4.33. The van der Waals surface area contributed by atoms with Crippen molar-refractivity contribution in [3.63, 3.8) is 0 Å². The molecule has 4 N–H and O–H groups in total. The highest BCUT2D eigenvalue weighted by atomic mass is 16.2. The number of nitrogens with one attached hydrogen (secondary N) is 4. The molecule has 1 aliphatic carbocycles. The van der Waals surface area contributed by atoms with E-state index in [2.05, 4.69) is 28.2 Å². The van der Waals surface area contributed by atoms with Crippen molar-refractivity contribution < 1.29 is 14.4 Å². The Bertz CT molecular complexity index is 937. The van der Waals surface area contributed by atoms with Gasteiger partial charge in [-0.15, -0.1) is 0 Å². The summed E-state index contributed by atoms with van der Waals surface area (Å²) >= 11 is 0. The van der Waals surface area contributed by atoms with Crippen LogP contribution in [0.3, 0.4) is 0 Å². The Morgan fingerprint density at radius 2 is 1.64 bits per heavy atom. The molecule has 0 unspecified atom stereocenters. The zero-order valence-corrected chi connectivity index (χ0v) is 19.3. The third-order valence-corrected chi connectivity index (χ3v) is 5.76. The van der Waals surface area contributed by atoms with Gasteiger partial charge in [0.1, 0.15) is 0 Å². The average molecular weight is 451 g/mol. The highest BCUT2D eigenvalue weighted by Gasteiger charge is 2.17. The first-order chi connectivity index (χ1) is 16.0. The Kier molecular flexibility index (Phi) is 9.30. The maximum absolute atomic E-state index is 12.5. The van der Waals surface area contributed by atoms with E-state index >= 15 is 0 Å². The lowest BCUT2D eigenvalue weighted by Gasteiger charge is -2.22. The van der Waals surface area contributed by atoms with Crippen LogP contribution in [0.5, 0.6) is 0 Å². The molecule has 0 atom stereocenters. The summed E-state index contributed by atoms with van der Waals surface area (Å²) in [6.07, 6.45) is 7.61. The van der Waals surface area contributed by atoms with Crippen molar-refractivity contribution in [2.45, 2.75) is 57.9 Å². The van der Waals surface area contributed by atoms with Crippen molar-refractivity contribution >= 4 is 29.1 Å². The van der Waals surface area contributed by atoms with Crippen molar-refractivity contribution in [1.29, 1.82) is 0 Å². The Morgan fingerprint density at radius 3 is 2.36 bits per heavy atom. The van der Waals surface area contributed by atoms with Crippen LogP contribution in [0.2, 0.25) is 0 Å². The Hall–Kier alpha value is -3.35. The van der Waals surface area contributed by atoms with Crippen molar-refractivity contribution in [2.75, 3.05) is 23.7 Å². The lowest BCUT2D eigenvalue weighted by atomic mass is 9.95. The molecular formula is C26H34N4O3. The van der Waals surface area contributed by atoms with E-state index in [4.69, 9.17) is 0 Å². The number of hydrogen-bond acceptors (Lipinski definition) is 4. The Balaban J connectivity index is 1.46. The number of carbonyl (C=O) groups is 3. The molecule has 1 saturated carbocycles. The SMILES string of the molecule is CCCCNC(=O)c1ccc(NC(=O)CNc2cccc(C(=O)NC3CCCCC3)c2)cc1. The van der Waals surface area contributed by atoms with Crippen LogP contribution >= 0.6 is 0 Å². The molecule has 7 nitrogen and oxygen atoms in total. The van der Waals surface area contributed by atoms with Crippen LogP contribution in [-0.2, 0) is 4.79 Å². The molecule has 0 radical (unpaired) electrons. The quantitative estimate of drug-likeness (QED) is 0.405. The second-order valence-corrected chi connectivity index (χ2v) is 8.48. The fraction of sp³-hybridized carbons (Fsp3) is 0.423. The van der Waals surface area contributed by atoms with E-state index in [1.165, 1.54) is 6.42 Å². The van der Waals surface area contributed by atoms with E-state index in [1.54, 1.807) is 42.5 Å². The van der Waals surface area contributed by atoms with Gasteiger partial charge in [0, 0.05) is 35.1 Å². The van der Waals surface area contributed by atoms with E-state index in [1.807, 2.05) is 6.07 Å². The van der Waals surface area contributed by atoms with Gasteiger partial charge in [0.05, 0.1) is 6.54 Å². The van der Waals surface area contributed by atoms with Crippen LogP contribution in [0, 0.1) is 0 Å². The third-order valence-electron chi connectivity index (χ3n) is 5.76. The number of amides is 3. The predicted molar refractivity (Wildman–Crippen MR) is 132 cm³/mol. The maximum Gasteiger partial charge on any atom is 0.251 e. The number of hydrogen-bond donors (Lipinski definition) is 4. The van der Waals surface area contributed by atoms with E-state index in [-0.39, 0.29) is 30.3 Å². The van der Waals surface area contributed by atoms with Gasteiger partial charge in [-0.25, -0.2) is 0 Å². The van der Waals surface area contributed by atoms with Crippen molar-refractivity contribution in [3.8, 4) is 0 Å². The third kappa shape index (κ3) is 7.93. The zero-order chi connectivity index (χ0) is 23.5. The molecule has 1 fully saturated rings. The number of benzene rings is 2. The summed E-state index contributed by atoms with van der Waals surface area (Å²) in [4.78, 5) is 36.9. The molecule has 33 heavy (non-hydrogen) atoms. The fourth-order valence-electron chi connectivity index (χ4n) is 3.86. The van der Waals surface area contributed by atoms with Crippen molar-refractivity contribution in [1.82, 2.24) is 10.6 Å². The summed E-state index contributed by atoms with van der Waals surface area (Å²) in [6, 6.07) is 14.2. The van der Waals surface area contributed by atoms with E-state index in [0.29, 0.717) is 29.0 Å². The topological polar surface area (TPSA) is 99.3 Å². The van der Waals surface area contributed by atoms with Crippen LogP contribution in [0.1, 0.15) is 72.6 Å². The monoisotopic (exact) mass is 450 g/mol. The molecule has 3 amide bonds. The van der Waals surface area contributed by atoms with E-state index in [0.717, 1.165) is 38.5 Å². The largest absolute Gasteiger partial charge is 0.376 e. The van der Waals surface area contributed by atoms with Crippen LogP contribution in [-0.4, -0.2) is 36.9 Å². The first kappa shape index (κ1) is 24.3. The van der Waals surface area contributed by atoms with Crippen molar-refractivity contribution in [2.24, 2.45) is 0 Å². The second-order valence-electron chi connectivity index (χ2n) is 8.48. The molecule has 0 bridgehead atoms. The molecule has 0 heterocycles. The van der Waals surface area contributed by atoms with Gasteiger partial charge >= 0.3 is 0 Å². The van der Waals surface area contributed by atoms with Gasteiger partial charge in [0.25, 0.3) is 11.8 Å². The van der Waals surface area contributed by atoms with Gasteiger partial charge in [-0.2, -0.15) is 0 Å². The fourth-order valence-corrected chi connectivity index (χ4v) is 3.86. The molecule has 7 heteroatoms. The molecule has 2 aromatic carbocycles. The zero-order valence-electron chi connectivity index (χ0n) is 19.3. The van der Waals surface area contributed by atoms with Gasteiger partial charge in [-0.05, 0) is 61.7 Å². The lowest BCUT2D eigenvalue weighted by molar-refractivity contribution is -0.114. The van der Waals surface area contributed by atoms with Gasteiger partial charge < -0.3 is 21.3 Å². The number of carbonyl (C=O) groups excluding carboxylic acids is 3. The normalized spacial score (nSPS) is 13.7. The Morgan fingerprint density at radius 1 is 0.879 bits per heavy atom. The number of unbranched alkanes of at least 4 members (excludes halogenated alkanes) is 1. The van der Waals surface area contributed by atoms with Gasteiger partial charge in [0.2, 0.25) is 5.91 Å². The summed E-state index contributed by atoms with van der Waals surface area (Å²) in [5, 5.41) is 11.9. The molecule has 3 rings (SSSR count). The van der Waals surface area contributed by atoms with Crippen LogP contribution in [0.15, 0.2) is 48.5 Å². The highest BCUT2D eigenvalue weighted by Crippen LogP contribution is 2.18. The molecule has 0 aliphatic heterocycles. The minimum absolute atomic E-state index is 0.0625. The van der Waals surface area contributed by atoms with Crippen molar-refractivity contribution in [3.05, 3.63) is 59.7 Å². The molecular weight excluding hydrogens is 416 g/mol. The van der Waals surface area contributed by atoms with Crippen LogP contribution < -0.4 is 21.3 Å². The van der Waals surface area contributed by atoms with Crippen LogP contribution in [0.4, 0.5) is 11.4 Å². The smallest absolute Gasteiger partial charge is 0.251 e.